The Morgan fingerprint density at radius 1 is 1.14 bits per heavy atom. The molecule has 3 N–H and O–H groups in total. The summed E-state index contributed by atoms with van der Waals surface area (Å²) < 4.78 is 22.1. The molecule has 184 valence electrons. The van der Waals surface area contributed by atoms with Gasteiger partial charge in [0.05, 0.1) is 23.8 Å². The van der Waals surface area contributed by atoms with Gasteiger partial charge < -0.3 is 15.8 Å². The van der Waals surface area contributed by atoms with Gasteiger partial charge in [0.25, 0.3) is 0 Å². The molecule has 0 bridgehead atoms. The molecule has 0 aliphatic rings. The van der Waals surface area contributed by atoms with Gasteiger partial charge in [0, 0.05) is 17.3 Å². The normalized spacial score (nSPS) is 12.3. The Hall–Kier alpha value is -3.33. The standard InChI is InChI=1S/C25H25ClFN5O2.CH4/c1-25(2,28)24(33)29-21(15-34-14-16-8-4-3-5-9-16)23-31-30-22-19(12-17(26)13-32(22)23)18-10-6-7-11-20(18)27;/h3-13,21H,14-15,28H2,1-2H3,(H,29,33);1H4/t21-;/m1./s1. The summed E-state index contributed by atoms with van der Waals surface area (Å²) in [4.78, 5) is 12.7. The molecule has 0 saturated heterocycles. The first-order valence-electron chi connectivity index (χ1n) is 10.7. The lowest BCUT2D eigenvalue weighted by molar-refractivity contribution is -0.126. The smallest absolute Gasteiger partial charge is 0.240 e. The second kappa shape index (κ2) is 10.9. The van der Waals surface area contributed by atoms with Gasteiger partial charge in [-0.3, -0.25) is 9.20 Å². The van der Waals surface area contributed by atoms with E-state index in [0.29, 0.717) is 34.2 Å². The number of amides is 1. The zero-order chi connectivity index (χ0) is 24.3. The molecule has 0 fully saturated rings. The van der Waals surface area contributed by atoms with Crippen LogP contribution in [-0.2, 0) is 16.1 Å². The molecule has 2 heterocycles. The van der Waals surface area contributed by atoms with Crippen LogP contribution in [0.25, 0.3) is 16.8 Å². The lowest BCUT2D eigenvalue weighted by Gasteiger charge is -2.23. The Bertz CT molecular complexity index is 1300. The maximum Gasteiger partial charge on any atom is 0.240 e. The Morgan fingerprint density at radius 3 is 2.51 bits per heavy atom. The van der Waals surface area contributed by atoms with Crippen LogP contribution >= 0.6 is 11.6 Å². The van der Waals surface area contributed by atoms with E-state index in [1.165, 1.54) is 6.07 Å². The molecule has 0 radical (unpaired) electrons. The number of benzene rings is 2. The monoisotopic (exact) mass is 497 g/mol. The number of rotatable bonds is 8. The van der Waals surface area contributed by atoms with Crippen molar-refractivity contribution in [3.8, 4) is 11.1 Å². The molecule has 0 saturated carbocycles. The molecule has 1 atom stereocenters. The fourth-order valence-electron chi connectivity index (χ4n) is 3.49. The Kier molecular flexibility index (Phi) is 8.22. The Labute approximate surface area is 209 Å². The fraction of sp³-hybridized carbons (Fsp3) is 0.269. The van der Waals surface area contributed by atoms with Crippen LogP contribution in [0.1, 0.15) is 38.7 Å². The lowest BCUT2D eigenvalue weighted by Crippen LogP contribution is -2.50. The highest BCUT2D eigenvalue weighted by atomic mass is 35.5. The van der Waals surface area contributed by atoms with Gasteiger partial charge in [-0.15, -0.1) is 10.2 Å². The van der Waals surface area contributed by atoms with Gasteiger partial charge in [0.15, 0.2) is 11.5 Å². The molecular formula is C26H29ClFN5O2. The predicted octanol–water partition coefficient (Wildman–Crippen LogP) is 4.94. The Morgan fingerprint density at radius 2 is 1.83 bits per heavy atom. The molecule has 35 heavy (non-hydrogen) atoms. The summed E-state index contributed by atoms with van der Waals surface area (Å²) in [5.74, 6) is -0.396. The summed E-state index contributed by atoms with van der Waals surface area (Å²) in [5, 5.41) is 11.9. The van der Waals surface area contributed by atoms with E-state index in [2.05, 4.69) is 15.5 Å². The average Bonchev–Trinajstić information content (AvgIpc) is 3.22. The lowest BCUT2D eigenvalue weighted by atomic mass is 10.1. The number of halogens is 2. The number of nitrogens with two attached hydrogens (primary N) is 1. The number of nitrogens with zero attached hydrogens (tertiary/aromatic N) is 3. The first-order valence-corrected chi connectivity index (χ1v) is 11.1. The van der Waals surface area contributed by atoms with Crippen molar-refractivity contribution in [2.45, 2.75) is 39.5 Å². The van der Waals surface area contributed by atoms with Crippen LogP contribution in [0.5, 0.6) is 0 Å². The van der Waals surface area contributed by atoms with Crippen LogP contribution in [0.2, 0.25) is 5.02 Å². The van der Waals surface area contributed by atoms with Crippen molar-refractivity contribution in [3.63, 3.8) is 0 Å². The molecule has 0 unspecified atom stereocenters. The SMILES string of the molecule is C.CC(C)(N)C(=O)N[C@H](COCc1ccccc1)c1nnc2c(-c3ccccc3F)cc(Cl)cn12. The molecule has 9 heteroatoms. The highest BCUT2D eigenvalue weighted by molar-refractivity contribution is 6.30. The summed E-state index contributed by atoms with van der Waals surface area (Å²) >= 11 is 6.38. The fourth-order valence-corrected chi connectivity index (χ4v) is 3.69. The number of carbonyl (C=O) groups is 1. The summed E-state index contributed by atoms with van der Waals surface area (Å²) in [6, 6.07) is 17.0. The number of ether oxygens (including phenoxy) is 1. The molecule has 2 aromatic heterocycles. The third-order valence-electron chi connectivity index (χ3n) is 5.26. The summed E-state index contributed by atoms with van der Waals surface area (Å²) in [7, 11) is 0. The molecular weight excluding hydrogens is 469 g/mol. The zero-order valence-corrected chi connectivity index (χ0v) is 19.6. The first-order chi connectivity index (χ1) is 16.2. The molecule has 1 amide bonds. The van der Waals surface area contributed by atoms with Crippen molar-refractivity contribution in [1.29, 1.82) is 0 Å². The third kappa shape index (κ3) is 6.03. The van der Waals surface area contributed by atoms with Crippen LogP contribution in [0.4, 0.5) is 4.39 Å². The predicted molar refractivity (Wildman–Crippen MR) is 135 cm³/mol. The van der Waals surface area contributed by atoms with E-state index in [4.69, 9.17) is 22.1 Å². The molecule has 0 spiro atoms. The first kappa shape index (κ1) is 26.3. The largest absolute Gasteiger partial charge is 0.374 e. The molecule has 0 aliphatic heterocycles. The van der Waals surface area contributed by atoms with Gasteiger partial charge in [-0.2, -0.15) is 0 Å². The van der Waals surface area contributed by atoms with Crippen LogP contribution in [0.15, 0.2) is 66.9 Å². The van der Waals surface area contributed by atoms with E-state index in [0.717, 1.165) is 5.56 Å². The third-order valence-corrected chi connectivity index (χ3v) is 5.47. The van der Waals surface area contributed by atoms with E-state index in [9.17, 15) is 9.18 Å². The topological polar surface area (TPSA) is 94.5 Å². The van der Waals surface area contributed by atoms with Crippen molar-refractivity contribution in [2.75, 3.05) is 6.61 Å². The molecule has 7 nitrogen and oxygen atoms in total. The van der Waals surface area contributed by atoms with Crippen molar-refractivity contribution in [3.05, 3.63) is 89.1 Å². The van der Waals surface area contributed by atoms with Gasteiger partial charge in [-0.25, -0.2) is 4.39 Å². The van der Waals surface area contributed by atoms with Gasteiger partial charge in [-0.05, 0) is 31.5 Å². The van der Waals surface area contributed by atoms with Gasteiger partial charge in [0.2, 0.25) is 5.91 Å². The van der Waals surface area contributed by atoms with Gasteiger partial charge >= 0.3 is 0 Å². The van der Waals surface area contributed by atoms with Crippen molar-refractivity contribution in [1.82, 2.24) is 19.9 Å². The highest BCUT2D eigenvalue weighted by Crippen LogP contribution is 2.30. The van der Waals surface area contributed by atoms with E-state index < -0.39 is 17.4 Å². The Balaban J connectivity index is 0.00000342. The maximum absolute atomic E-state index is 14.5. The summed E-state index contributed by atoms with van der Waals surface area (Å²) in [6.07, 6.45) is 1.63. The number of aromatic nitrogens is 3. The number of fused-ring (bicyclic) bond motifs is 1. The highest BCUT2D eigenvalue weighted by Gasteiger charge is 2.28. The van der Waals surface area contributed by atoms with Crippen LogP contribution in [0, 0.1) is 5.82 Å². The molecule has 0 aliphatic carbocycles. The van der Waals surface area contributed by atoms with Crippen LogP contribution in [-0.4, -0.2) is 32.7 Å². The van der Waals surface area contributed by atoms with E-state index in [-0.39, 0.29) is 19.9 Å². The number of carbonyl (C=O) groups excluding carboxylic acids is 1. The second-order valence-electron chi connectivity index (χ2n) is 8.55. The number of hydrogen-bond donors (Lipinski definition) is 2. The second-order valence-corrected chi connectivity index (χ2v) is 8.99. The zero-order valence-electron chi connectivity index (χ0n) is 18.8. The number of hydrogen-bond acceptors (Lipinski definition) is 5. The minimum absolute atomic E-state index is 0. The van der Waals surface area contributed by atoms with Crippen LogP contribution in [0.3, 0.4) is 0 Å². The number of nitrogens with one attached hydrogen (secondary N) is 1. The van der Waals surface area contributed by atoms with Gasteiger partial charge in [0.1, 0.15) is 11.9 Å². The average molecular weight is 498 g/mol. The maximum atomic E-state index is 14.5. The van der Waals surface area contributed by atoms with E-state index in [1.54, 1.807) is 48.7 Å². The quantitative estimate of drug-likeness (QED) is 0.359. The summed E-state index contributed by atoms with van der Waals surface area (Å²) in [6.45, 7) is 3.68. The van der Waals surface area contributed by atoms with E-state index in [1.807, 2.05) is 30.3 Å². The van der Waals surface area contributed by atoms with Crippen molar-refractivity contribution < 1.29 is 13.9 Å². The van der Waals surface area contributed by atoms with E-state index >= 15 is 0 Å². The summed E-state index contributed by atoms with van der Waals surface area (Å²) in [5.41, 5.74) is 7.10. The minimum Gasteiger partial charge on any atom is -0.374 e. The molecule has 4 aromatic rings. The molecule has 2 aromatic carbocycles. The van der Waals surface area contributed by atoms with Gasteiger partial charge in [-0.1, -0.05) is 67.6 Å². The molecule has 4 rings (SSSR count). The van der Waals surface area contributed by atoms with Crippen LogP contribution < -0.4 is 11.1 Å². The number of pyridine rings is 1. The van der Waals surface area contributed by atoms with Crippen molar-refractivity contribution in [2.24, 2.45) is 5.73 Å². The van der Waals surface area contributed by atoms with Crippen molar-refractivity contribution >= 4 is 23.2 Å². The minimum atomic E-state index is -1.12.